The Kier molecular flexibility index (Phi) is 6.91. The average molecular weight is 277 g/mol. The van der Waals surface area contributed by atoms with Crippen LogP contribution in [0, 0.1) is 5.92 Å². The van der Waals surface area contributed by atoms with Crippen molar-refractivity contribution >= 4 is 5.96 Å². The minimum absolute atomic E-state index is 0.371. The fourth-order valence-electron chi connectivity index (χ4n) is 1.88. The molecular weight excluding hydrogens is 250 g/mol. The van der Waals surface area contributed by atoms with E-state index in [4.69, 9.17) is 10.5 Å². The summed E-state index contributed by atoms with van der Waals surface area (Å²) in [5.74, 6) is 1.89. The molecule has 2 atom stereocenters. The van der Waals surface area contributed by atoms with Gasteiger partial charge in [-0.15, -0.1) is 0 Å². The number of hydrogen-bond acceptors (Lipinski definition) is 2. The van der Waals surface area contributed by atoms with Gasteiger partial charge >= 0.3 is 0 Å². The molecule has 0 radical (unpaired) electrons. The summed E-state index contributed by atoms with van der Waals surface area (Å²) < 4.78 is 5.15. The van der Waals surface area contributed by atoms with Crippen LogP contribution in [0.3, 0.4) is 0 Å². The summed E-state index contributed by atoms with van der Waals surface area (Å²) in [5.41, 5.74) is 7.15. The molecule has 0 aliphatic rings. The molecule has 0 saturated heterocycles. The molecule has 112 valence electrons. The van der Waals surface area contributed by atoms with Crippen LogP contribution in [0.1, 0.15) is 32.8 Å². The van der Waals surface area contributed by atoms with Gasteiger partial charge in [-0.25, -0.2) is 0 Å². The van der Waals surface area contributed by atoms with Gasteiger partial charge in [0.05, 0.1) is 7.11 Å². The van der Waals surface area contributed by atoms with Gasteiger partial charge in [0.15, 0.2) is 5.96 Å². The SMILES string of the molecule is CCC(C)NC(N)=NCC(C)Cc1ccc(OC)cc1. The van der Waals surface area contributed by atoms with Crippen molar-refractivity contribution in [3.63, 3.8) is 0 Å². The standard InChI is InChI=1S/C16H27N3O/c1-5-13(3)19-16(17)18-11-12(2)10-14-6-8-15(20-4)9-7-14/h6-9,12-13H,5,10-11H2,1-4H3,(H3,17,18,19). The number of benzene rings is 1. The quantitative estimate of drug-likeness (QED) is 0.595. The van der Waals surface area contributed by atoms with Crippen molar-refractivity contribution in [3.05, 3.63) is 29.8 Å². The predicted molar refractivity (Wildman–Crippen MR) is 85.2 cm³/mol. The van der Waals surface area contributed by atoms with Crippen LogP contribution in [-0.2, 0) is 6.42 Å². The van der Waals surface area contributed by atoms with E-state index < -0.39 is 0 Å². The molecule has 4 heteroatoms. The maximum atomic E-state index is 5.85. The fourth-order valence-corrected chi connectivity index (χ4v) is 1.88. The Hall–Kier alpha value is -1.71. The van der Waals surface area contributed by atoms with Gasteiger partial charge in [-0.3, -0.25) is 4.99 Å². The van der Waals surface area contributed by atoms with Crippen LogP contribution in [0.2, 0.25) is 0 Å². The first-order valence-electron chi connectivity index (χ1n) is 7.24. The Balaban J connectivity index is 2.42. The zero-order valence-corrected chi connectivity index (χ0v) is 13.0. The average Bonchev–Trinajstić information content (AvgIpc) is 2.45. The van der Waals surface area contributed by atoms with Crippen molar-refractivity contribution in [3.8, 4) is 5.75 Å². The van der Waals surface area contributed by atoms with Gasteiger partial charge in [-0.1, -0.05) is 26.0 Å². The molecule has 0 spiro atoms. The monoisotopic (exact) mass is 277 g/mol. The van der Waals surface area contributed by atoms with Gasteiger partial charge in [0.25, 0.3) is 0 Å². The highest BCUT2D eigenvalue weighted by molar-refractivity contribution is 5.78. The lowest BCUT2D eigenvalue weighted by atomic mass is 10.0. The molecule has 0 fully saturated rings. The van der Waals surface area contributed by atoms with Crippen molar-refractivity contribution < 1.29 is 4.74 Å². The lowest BCUT2D eigenvalue weighted by Crippen LogP contribution is -2.38. The molecule has 1 aromatic rings. The van der Waals surface area contributed by atoms with E-state index in [1.807, 2.05) is 12.1 Å². The third-order valence-corrected chi connectivity index (χ3v) is 3.32. The van der Waals surface area contributed by atoms with E-state index in [9.17, 15) is 0 Å². The first-order chi connectivity index (χ1) is 9.55. The zero-order chi connectivity index (χ0) is 15.0. The van der Waals surface area contributed by atoms with Crippen LogP contribution in [0.15, 0.2) is 29.3 Å². The Labute approximate surface area is 122 Å². The second kappa shape index (κ2) is 8.46. The van der Waals surface area contributed by atoms with Crippen molar-refractivity contribution in [2.45, 2.75) is 39.7 Å². The normalized spacial score (nSPS) is 14.7. The number of ether oxygens (including phenoxy) is 1. The summed E-state index contributed by atoms with van der Waals surface area (Å²) in [6.45, 7) is 7.14. The second-order valence-corrected chi connectivity index (χ2v) is 5.34. The molecule has 4 nitrogen and oxygen atoms in total. The van der Waals surface area contributed by atoms with E-state index in [0.717, 1.165) is 25.1 Å². The minimum Gasteiger partial charge on any atom is -0.497 e. The summed E-state index contributed by atoms with van der Waals surface area (Å²) in [6.07, 6.45) is 2.03. The summed E-state index contributed by atoms with van der Waals surface area (Å²) >= 11 is 0. The van der Waals surface area contributed by atoms with Gasteiger partial charge in [0, 0.05) is 12.6 Å². The number of methoxy groups -OCH3 is 1. The van der Waals surface area contributed by atoms with Crippen molar-refractivity contribution in [1.29, 1.82) is 0 Å². The molecule has 2 unspecified atom stereocenters. The van der Waals surface area contributed by atoms with Gasteiger partial charge in [0.1, 0.15) is 5.75 Å². The van der Waals surface area contributed by atoms with Gasteiger partial charge < -0.3 is 15.8 Å². The molecule has 0 amide bonds. The van der Waals surface area contributed by atoms with Gasteiger partial charge in [-0.2, -0.15) is 0 Å². The Bertz CT molecular complexity index is 414. The van der Waals surface area contributed by atoms with Crippen LogP contribution >= 0.6 is 0 Å². The molecule has 0 aliphatic carbocycles. The van der Waals surface area contributed by atoms with E-state index in [2.05, 4.69) is 43.2 Å². The van der Waals surface area contributed by atoms with Crippen LogP contribution in [0.25, 0.3) is 0 Å². The van der Waals surface area contributed by atoms with Crippen LogP contribution in [0.4, 0.5) is 0 Å². The number of rotatable bonds is 7. The number of hydrogen-bond donors (Lipinski definition) is 2. The topological polar surface area (TPSA) is 59.6 Å². The van der Waals surface area contributed by atoms with E-state index in [-0.39, 0.29) is 0 Å². The molecule has 1 rings (SSSR count). The van der Waals surface area contributed by atoms with Crippen molar-refractivity contribution in [2.24, 2.45) is 16.6 Å². The molecule has 0 bridgehead atoms. The smallest absolute Gasteiger partial charge is 0.188 e. The molecule has 1 aromatic carbocycles. The molecule has 0 heterocycles. The first-order valence-corrected chi connectivity index (χ1v) is 7.24. The summed E-state index contributed by atoms with van der Waals surface area (Å²) in [4.78, 5) is 4.40. The predicted octanol–water partition coefficient (Wildman–Crippen LogP) is 2.58. The summed E-state index contributed by atoms with van der Waals surface area (Å²) in [7, 11) is 1.68. The second-order valence-electron chi connectivity index (χ2n) is 5.34. The van der Waals surface area contributed by atoms with Gasteiger partial charge in [-0.05, 0) is 43.4 Å². The van der Waals surface area contributed by atoms with Crippen LogP contribution in [-0.4, -0.2) is 25.7 Å². The molecular formula is C16H27N3O. The summed E-state index contributed by atoms with van der Waals surface area (Å²) in [6, 6.07) is 8.55. The largest absolute Gasteiger partial charge is 0.497 e. The molecule has 0 aromatic heterocycles. The maximum absolute atomic E-state index is 5.85. The van der Waals surface area contributed by atoms with Crippen LogP contribution < -0.4 is 15.8 Å². The van der Waals surface area contributed by atoms with E-state index in [1.165, 1.54) is 5.56 Å². The minimum atomic E-state index is 0.371. The number of guanidine groups is 1. The number of nitrogens with one attached hydrogen (secondary N) is 1. The zero-order valence-electron chi connectivity index (χ0n) is 13.0. The number of nitrogens with two attached hydrogens (primary N) is 1. The highest BCUT2D eigenvalue weighted by Crippen LogP contribution is 2.14. The molecule has 20 heavy (non-hydrogen) atoms. The molecule has 0 saturated carbocycles. The maximum Gasteiger partial charge on any atom is 0.188 e. The van der Waals surface area contributed by atoms with E-state index >= 15 is 0 Å². The molecule has 0 aliphatic heterocycles. The Morgan fingerprint density at radius 1 is 1.30 bits per heavy atom. The number of aliphatic imine (C=N–C) groups is 1. The third kappa shape index (κ3) is 5.95. The van der Waals surface area contributed by atoms with Crippen molar-refractivity contribution in [2.75, 3.05) is 13.7 Å². The highest BCUT2D eigenvalue weighted by Gasteiger charge is 2.05. The third-order valence-electron chi connectivity index (χ3n) is 3.32. The highest BCUT2D eigenvalue weighted by atomic mass is 16.5. The number of nitrogens with zero attached hydrogens (tertiary/aromatic N) is 1. The van der Waals surface area contributed by atoms with Crippen molar-refractivity contribution in [1.82, 2.24) is 5.32 Å². The Morgan fingerprint density at radius 3 is 2.50 bits per heavy atom. The lowest BCUT2D eigenvalue weighted by molar-refractivity contribution is 0.414. The Morgan fingerprint density at radius 2 is 1.95 bits per heavy atom. The van der Waals surface area contributed by atoms with E-state index in [1.54, 1.807) is 7.11 Å². The van der Waals surface area contributed by atoms with E-state index in [0.29, 0.717) is 17.9 Å². The van der Waals surface area contributed by atoms with Gasteiger partial charge in [0.2, 0.25) is 0 Å². The van der Waals surface area contributed by atoms with Crippen LogP contribution in [0.5, 0.6) is 5.75 Å². The first kappa shape index (κ1) is 16.3. The molecule has 3 N–H and O–H groups in total. The fraction of sp³-hybridized carbons (Fsp3) is 0.562. The summed E-state index contributed by atoms with van der Waals surface area (Å²) in [5, 5.41) is 3.18. The lowest BCUT2D eigenvalue weighted by Gasteiger charge is -2.13.